The number of esters is 1. The molecule has 0 radical (unpaired) electrons. The van der Waals surface area contributed by atoms with E-state index in [2.05, 4.69) is 66.7 Å². The third kappa shape index (κ3) is 5.91. The Labute approximate surface area is 210 Å². The third-order valence-corrected chi connectivity index (χ3v) is 5.87. The minimum Gasteiger partial charge on any atom is -0.462 e. The number of anilines is 1. The first-order valence-electron chi connectivity index (χ1n) is 12.3. The number of carbonyl (C=O) groups is 1. The van der Waals surface area contributed by atoms with Gasteiger partial charge in [0.15, 0.2) is 0 Å². The standard InChI is InChI=1S/C27H31N7O2/c1-4-6-9-16-34(26-24(27(35)36-5-2)17-28-19(3)29-26)18-20-12-14-21(15-13-20)22-10-7-8-11-23(22)25-30-32-33-31-25/h7-8,10-15,17H,4-6,9,16,18H2,1-3H3,(H,30,31,32,33). The maximum Gasteiger partial charge on any atom is 0.343 e. The van der Waals surface area contributed by atoms with Crippen molar-refractivity contribution in [3.05, 3.63) is 71.7 Å². The number of aromatic amines is 1. The first-order chi connectivity index (χ1) is 17.6. The average Bonchev–Trinajstić information content (AvgIpc) is 3.44. The molecule has 4 aromatic rings. The number of nitrogens with one attached hydrogen (secondary N) is 1. The van der Waals surface area contributed by atoms with E-state index in [9.17, 15) is 4.79 Å². The van der Waals surface area contributed by atoms with Crippen molar-refractivity contribution < 1.29 is 9.53 Å². The van der Waals surface area contributed by atoms with Gasteiger partial charge >= 0.3 is 5.97 Å². The van der Waals surface area contributed by atoms with Crippen molar-refractivity contribution in [3.8, 4) is 22.5 Å². The Balaban J connectivity index is 1.62. The number of hydrogen-bond acceptors (Lipinski definition) is 8. The number of ether oxygens (including phenoxy) is 1. The topological polar surface area (TPSA) is 110 Å². The van der Waals surface area contributed by atoms with E-state index in [1.54, 1.807) is 13.1 Å². The Morgan fingerprint density at radius 2 is 1.81 bits per heavy atom. The predicted molar refractivity (Wildman–Crippen MR) is 138 cm³/mol. The van der Waals surface area contributed by atoms with Gasteiger partial charge in [-0.1, -0.05) is 68.3 Å². The second kappa shape index (κ2) is 12.0. The summed E-state index contributed by atoms with van der Waals surface area (Å²) in [4.78, 5) is 23.7. The molecule has 186 valence electrons. The van der Waals surface area contributed by atoms with Crippen molar-refractivity contribution in [2.45, 2.75) is 46.6 Å². The maximum atomic E-state index is 12.6. The predicted octanol–water partition coefficient (Wildman–Crippen LogP) is 5.01. The summed E-state index contributed by atoms with van der Waals surface area (Å²) in [6.07, 6.45) is 4.77. The third-order valence-electron chi connectivity index (χ3n) is 5.87. The molecular weight excluding hydrogens is 454 g/mol. The lowest BCUT2D eigenvalue weighted by Gasteiger charge is -2.26. The van der Waals surface area contributed by atoms with Crippen LogP contribution in [-0.2, 0) is 11.3 Å². The first-order valence-corrected chi connectivity index (χ1v) is 12.3. The fourth-order valence-corrected chi connectivity index (χ4v) is 4.08. The maximum absolute atomic E-state index is 12.6. The fourth-order valence-electron chi connectivity index (χ4n) is 4.08. The molecule has 9 heteroatoms. The Bertz CT molecular complexity index is 1270. The number of H-pyrrole nitrogens is 1. The molecule has 1 N–H and O–H groups in total. The normalized spacial score (nSPS) is 10.9. The molecule has 0 saturated heterocycles. The summed E-state index contributed by atoms with van der Waals surface area (Å²) in [7, 11) is 0. The van der Waals surface area contributed by atoms with Crippen molar-refractivity contribution in [3.63, 3.8) is 0 Å². The van der Waals surface area contributed by atoms with Crippen LogP contribution in [0.5, 0.6) is 0 Å². The molecule has 0 amide bonds. The molecule has 0 fully saturated rings. The summed E-state index contributed by atoms with van der Waals surface area (Å²) in [5.41, 5.74) is 4.50. The molecule has 0 saturated carbocycles. The van der Waals surface area contributed by atoms with Gasteiger partial charge < -0.3 is 9.64 Å². The van der Waals surface area contributed by atoms with Crippen molar-refractivity contribution in [2.24, 2.45) is 0 Å². The Morgan fingerprint density at radius 3 is 2.50 bits per heavy atom. The molecule has 9 nitrogen and oxygen atoms in total. The number of aromatic nitrogens is 6. The molecule has 2 aromatic heterocycles. The van der Waals surface area contributed by atoms with E-state index >= 15 is 0 Å². The van der Waals surface area contributed by atoms with E-state index in [-0.39, 0.29) is 0 Å². The van der Waals surface area contributed by atoms with Crippen LogP contribution in [0.15, 0.2) is 54.7 Å². The summed E-state index contributed by atoms with van der Waals surface area (Å²) in [5.74, 6) is 1.39. The SMILES string of the molecule is CCCCCN(Cc1ccc(-c2ccccc2-c2nn[nH]n2)cc1)c1nc(C)ncc1C(=O)OCC. The number of nitrogens with zero attached hydrogens (tertiary/aromatic N) is 6. The van der Waals surface area contributed by atoms with Gasteiger partial charge in [0.05, 0.1) is 6.61 Å². The molecule has 0 aliphatic rings. The van der Waals surface area contributed by atoms with Crippen LogP contribution < -0.4 is 4.90 Å². The smallest absolute Gasteiger partial charge is 0.343 e. The van der Waals surface area contributed by atoms with Gasteiger partial charge in [0.2, 0.25) is 5.82 Å². The Hall–Kier alpha value is -4.14. The number of hydrogen-bond donors (Lipinski definition) is 1. The van der Waals surface area contributed by atoms with Crippen LogP contribution in [0.4, 0.5) is 5.82 Å². The lowest BCUT2D eigenvalue weighted by atomic mass is 9.98. The summed E-state index contributed by atoms with van der Waals surface area (Å²) in [5, 5.41) is 14.5. The molecule has 0 aliphatic heterocycles. The quantitative estimate of drug-likeness (QED) is 0.233. The second-order valence-electron chi connectivity index (χ2n) is 8.48. The monoisotopic (exact) mass is 485 g/mol. The second-order valence-corrected chi connectivity index (χ2v) is 8.48. The largest absolute Gasteiger partial charge is 0.462 e. The zero-order valence-electron chi connectivity index (χ0n) is 20.9. The minimum absolute atomic E-state index is 0.300. The molecule has 4 rings (SSSR count). The Kier molecular flexibility index (Phi) is 8.33. The summed E-state index contributed by atoms with van der Waals surface area (Å²) < 4.78 is 5.28. The number of tetrazole rings is 1. The van der Waals surface area contributed by atoms with E-state index in [1.807, 2.05) is 31.2 Å². The van der Waals surface area contributed by atoms with Gasteiger partial charge in [0, 0.05) is 24.8 Å². The zero-order chi connectivity index (χ0) is 25.3. The van der Waals surface area contributed by atoms with Gasteiger partial charge in [-0.15, -0.1) is 10.2 Å². The molecule has 2 heterocycles. The lowest BCUT2D eigenvalue weighted by Crippen LogP contribution is -2.28. The van der Waals surface area contributed by atoms with E-state index in [0.29, 0.717) is 36.2 Å². The highest BCUT2D eigenvalue weighted by Gasteiger charge is 2.21. The Morgan fingerprint density at radius 1 is 1.03 bits per heavy atom. The number of benzene rings is 2. The van der Waals surface area contributed by atoms with Crippen LogP contribution in [-0.4, -0.2) is 49.7 Å². The number of rotatable bonds is 11. The van der Waals surface area contributed by atoms with E-state index in [0.717, 1.165) is 48.1 Å². The van der Waals surface area contributed by atoms with Crippen molar-refractivity contribution >= 4 is 11.8 Å². The van der Waals surface area contributed by atoms with Crippen LogP contribution in [0.2, 0.25) is 0 Å². The molecular formula is C27H31N7O2. The lowest BCUT2D eigenvalue weighted by molar-refractivity contribution is 0.0526. The first kappa shape index (κ1) is 25.0. The fraction of sp³-hybridized carbons (Fsp3) is 0.333. The summed E-state index contributed by atoms with van der Waals surface area (Å²) >= 11 is 0. The van der Waals surface area contributed by atoms with E-state index in [1.165, 1.54) is 0 Å². The summed E-state index contributed by atoms with van der Waals surface area (Å²) in [6.45, 7) is 7.49. The van der Waals surface area contributed by atoms with Gasteiger partial charge in [-0.25, -0.2) is 14.8 Å². The van der Waals surface area contributed by atoms with Crippen LogP contribution >= 0.6 is 0 Å². The number of carbonyl (C=O) groups excluding carboxylic acids is 1. The van der Waals surface area contributed by atoms with Gasteiger partial charge in [0.1, 0.15) is 17.2 Å². The summed E-state index contributed by atoms with van der Waals surface area (Å²) in [6, 6.07) is 16.4. The number of aryl methyl sites for hydroxylation is 1. The number of unbranched alkanes of at least 4 members (excludes halogenated alkanes) is 2. The highest BCUT2D eigenvalue weighted by atomic mass is 16.5. The van der Waals surface area contributed by atoms with Gasteiger partial charge in [-0.05, 0) is 42.2 Å². The van der Waals surface area contributed by atoms with Gasteiger partial charge in [-0.2, -0.15) is 5.21 Å². The van der Waals surface area contributed by atoms with E-state index in [4.69, 9.17) is 4.74 Å². The molecule has 0 bridgehead atoms. The van der Waals surface area contributed by atoms with Gasteiger partial charge in [0.25, 0.3) is 0 Å². The molecule has 0 unspecified atom stereocenters. The van der Waals surface area contributed by atoms with E-state index < -0.39 is 5.97 Å². The molecule has 36 heavy (non-hydrogen) atoms. The zero-order valence-corrected chi connectivity index (χ0v) is 20.9. The van der Waals surface area contributed by atoms with Crippen molar-refractivity contribution in [1.29, 1.82) is 0 Å². The van der Waals surface area contributed by atoms with Crippen molar-refractivity contribution in [2.75, 3.05) is 18.1 Å². The highest BCUT2D eigenvalue weighted by molar-refractivity contribution is 5.94. The van der Waals surface area contributed by atoms with Crippen LogP contribution in [0.1, 0.15) is 54.9 Å². The molecule has 0 aliphatic carbocycles. The van der Waals surface area contributed by atoms with Gasteiger partial charge in [-0.3, -0.25) is 0 Å². The molecule has 0 atom stereocenters. The van der Waals surface area contributed by atoms with Crippen LogP contribution in [0.25, 0.3) is 22.5 Å². The van der Waals surface area contributed by atoms with Crippen LogP contribution in [0.3, 0.4) is 0 Å². The van der Waals surface area contributed by atoms with Crippen LogP contribution in [0, 0.1) is 6.92 Å². The molecule has 0 spiro atoms. The average molecular weight is 486 g/mol. The van der Waals surface area contributed by atoms with Crippen molar-refractivity contribution in [1.82, 2.24) is 30.6 Å². The highest BCUT2D eigenvalue weighted by Crippen LogP contribution is 2.30. The molecule has 2 aromatic carbocycles. The minimum atomic E-state index is -0.401.